The molecule has 0 amide bonds. The smallest absolute Gasteiger partial charge is 0.182 e. The van der Waals surface area contributed by atoms with Crippen molar-refractivity contribution in [3.8, 4) is 0 Å². The van der Waals surface area contributed by atoms with Crippen LogP contribution in [-0.4, -0.2) is 4.98 Å². The molecule has 0 saturated heterocycles. The van der Waals surface area contributed by atoms with Gasteiger partial charge in [-0.3, -0.25) is 4.79 Å². The Morgan fingerprint density at radius 3 is 2.73 bits per heavy atom. The van der Waals surface area contributed by atoms with E-state index in [9.17, 15) is 4.79 Å². The summed E-state index contributed by atoms with van der Waals surface area (Å²) in [5, 5.41) is 0.979. The first-order valence-corrected chi connectivity index (χ1v) is 3.11. The molecule has 0 aliphatic heterocycles. The van der Waals surface area contributed by atoms with Gasteiger partial charge >= 0.3 is 0 Å². The zero-order valence-corrected chi connectivity index (χ0v) is 8.71. The van der Waals surface area contributed by atoms with Crippen LogP contribution in [0.15, 0.2) is 35.1 Å². The minimum Gasteiger partial charge on any atom is -0.386 e. The average Bonchev–Trinajstić information content (AvgIpc) is 2.27. The van der Waals surface area contributed by atoms with Gasteiger partial charge in [0.15, 0.2) is 5.56 Å². The fourth-order valence-corrected chi connectivity index (χ4v) is 1.05. The van der Waals surface area contributed by atoms with Gasteiger partial charge in [-0.05, 0) is 0 Å². The molecule has 1 aromatic heterocycles. The fraction of sp³-hybridized carbons (Fsp3) is 0. The van der Waals surface area contributed by atoms with Crippen molar-refractivity contribution in [3.63, 3.8) is 0 Å². The summed E-state index contributed by atoms with van der Waals surface area (Å²) in [5.74, 6) is 0. The van der Waals surface area contributed by atoms with E-state index in [1.165, 1.54) is 0 Å². The minimum absolute atomic E-state index is 0. The number of hydrogen-bond donors (Lipinski definition) is 1. The van der Waals surface area contributed by atoms with Crippen LogP contribution in [0.3, 0.4) is 0 Å². The van der Waals surface area contributed by atoms with E-state index >= 15 is 0 Å². The van der Waals surface area contributed by atoms with Crippen LogP contribution < -0.4 is 5.56 Å². The largest absolute Gasteiger partial charge is 0.386 e. The minimum atomic E-state index is -0.0267. The van der Waals surface area contributed by atoms with E-state index in [1.807, 2.05) is 24.3 Å². The fourth-order valence-electron chi connectivity index (χ4n) is 1.05. The van der Waals surface area contributed by atoms with Crippen LogP contribution in [0, 0.1) is 0 Å². The number of rotatable bonds is 0. The van der Waals surface area contributed by atoms with E-state index in [1.54, 1.807) is 6.07 Å². The van der Waals surface area contributed by atoms with Crippen molar-refractivity contribution in [1.82, 2.24) is 4.98 Å². The molecule has 2 aromatic rings. The van der Waals surface area contributed by atoms with Crippen LogP contribution in [0.2, 0.25) is 0 Å². The molecular formula is C8H6NOY-. The molecule has 0 spiro atoms. The molecule has 0 aliphatic carbocycles. The third-order valence-electron chi connectivity index (χ3n) is 1.51. The van der Waals surface area contributed by atoms with E-state index in [-0.39, 0.29) is 38.3 Å². The first-order valence-electron chi connectivity index (χ1n) is 3.11. The van der Waals surface area contributed by atoms with Gasteiger partial charge in [-0.15, -0.1) is 6.07 Å². The molecule has 1 N–H and O–H groups in total. The second kappa shape index (κ2) is 3.37. The molecule has 0 atom stereocenters. The van der Waals surface area contributed by atoms with Gasteiger partial charge in [0.1, 0.15) is 0 Å². The van der Waals surface area contributed by atoms with Crippen LogP contribution in [-0.2, 0) is 32.7 Å². The van der Waals surface area contributed by atoms with E-state index in [0.29, 0.717) is 0 Å². The van der Waals surface area contributed by atoms with Gasteiger partial charge in [0.05, 0.1) is 0 Å². The van der Waals surface area contributed by atoms with Crippen LogP contribution in [0.1, 0.15) is 0 Å². The predicted octanol–water partition coefficient (Wildman–Crippen LogP) is 1.24. The molecule has 1 aromatic carbocycles. The zero-order chi connectivity index (χ0) is 6.97. The summed E-state index contributed by atoms with van der Waals surface area (Å²) in [5.41, 5.74) is 0.883. The van der Waals surface area contributed by atoms with Crippen molar-refractivity contribution in [2.45, 2.75) is 0 Å². The molecule has 11 heavy (non-hydrogen) atoms. The SMILES string of the molecule is O=c1[cH-]c2ccccc2[nH]1.[Y]. The van der Waals surface area contributed by atoms with Gasteiger partial charge in [-0.25, -0.2) is 0 Å². The van der Waals surface area contributed by atoms with Gasteiger partial charge in [-0.2, -0.15) is 11.5 Å². The van der Waals surface area contributed by atoms with Gasteiger partial charge in [0.25, 0.3) is 0 Å². The maximum absolute atomic E-state index is 10.7. The van der Waals surface area contributed by atoms with Crippen molar-refractivity contribution >= 4 is 10.9 Å². The van der Waals surface area contributed by atoms with E-state index in [2.05, 4.69) is 4.98 Å². The molecular weight excluding hydrogens is 215 g/mol. The van der Waals surface area contributed by atoms with Crippen LogP contribution in [0.25, 0.3) is 10.9 Å². The van der Waals surface area contributed by atoms with E-state index in [0.717, 1.165) is 10.9 Å². The Balaban J connectivity index is 0.000000605. The number of hydrogen-bond acceptors (Lipinski definition) is 1. The Kier molecular flexibility index (Phi) is 2.69. The van der Waals surface area contributed by atoms with Gasteiger partial charge in [0, 0.05) is 32.7 Å². The third-order valence-corrected chi connectivity index (χ3v) is 1.51. The van der Waals surface area contributed by atoms with Gasteiger partial charge in [-0.1, -0.05) is 23.7 Å². The molecule has 1 heterocycles. The Bertz CT molecular complexity index is 365. The summed E-state index contributed by atoms with van der Waals surface area (Å²) in [6, 6.07) is 9.20. The summed E-state index contributed by atoms with van der Waals surface area (Å²) in [7, 11) is 0. The Labute approximate surface area is 88.9 Å². The monoisotopic (exact) mass is 221 g/mol. The molecule has 2 rings (SSSR count). The molecule has 3 heteroatoms. The second-order valence-corrected chi connectivity index (χ2v) is 2.22. The summed E-state index contributed by atoms with van der Waals surface area (Å²) in [6.07, 6.45) is 0. The molecule has 0 aliphatic rings. The zero-order valence-electron chi connectivity index (χ0n) is 5.87. The van der Waals surface area contributed by atoms with E-state index in [4.69, 9.17) is 0 Å². The Morgan fingerprint density at radius 2 is 2.00 bits per heavy atom. The van der Waals surface area contributed by atoms with Crippen molar-refractivity contribution in [1.29, 1.82) is 0 Å². The van der Waals surface area contributed by atoms with Crippen molar-refractivity contribution < 1.29 is 32.7 Å². The quantitative estimate of drug-likeness (QED) is 0.667. The molecule has 53 valence electrons. The summed E-state index contributed by atoms with van der Waals surface area (Å²) < 4.78 is 0. The van der Waals surface area contributed by atoms with Crippen LogP contribution in [0.5, 0.6) is 0 Å². The van der Waals surface area contributed by atoms with Crippen molar-refractivity contribution in [3.05, 3.63) is 40.7 Å². The third kappa shape index (κ3) is 1.63. The average molecular weight is 221 g/mol. The summed E-state index contributed by atoms with van der Waals surface area (Å²) >= 11 is 0. The number of nitrogens with one attached hydrogen (secondary N) is 1. The number of H-pyrrole nitrogens is 1. The maximum atomic E-state index is 10.7. The molecule has 1 radical (unpaired) electrons. The number of benzene rings is 1. The Hall–Kier alpha value is -0.336. The molecule has 0 unspecified atom stereocenters. The first kappa shape index (κ1) is 8.76. The summed E-state index contributed by atoms with van der Waals surface area (Å²) in [4.78, 5) is 13.4. The number of para-hydroxylation sites is 1. The normalized spacial score (nSPS) is 9.45. The van der Waals surface area contributed by atoms with Crippen molar-refractivity contribution in [2.24, 2.45) is 0 Å². The van der Waals surface area contributed by atoms with Crippen LogP contribution >= 0.6 is 0 Å². The second-order valence-electron chi connectivity index (χ2n) is 2.22. The van der Waals surface area contributed by atoms with E-state index < -0.39 is 0 Å². The Morgan fingerprint density at radius 1 is 1.27 bits per heavy atom. The van der Waals surface area contributed by atoms with Gasteiger partial charge in [0.2, 0.25) is 0 Å². The molecule has 0 bridgehead atoms. The number of aromatic nitrogens is 1. The topological polar surface area (TPSA) is 32.9 Å². The molecule has 0 fully saturated rings. The summed E-state index contributed by atoms with van der Waals surface area (Å²) in [6.45, 7) is 0. The maximum Gasteiger partial charge on any atom is 0.182 e. The first-order chi connectivity index (χ1) is 4.86. The molecule has 0 saturated carbocycles. The number of aromatic amines is 1. The molecule has 2 nitrogen and oxygen atoms in total. The standard InChI is InChI=1S/C8H6NO.Y/c10-8-5-6-3-1-2-4-7(6)9-8;/h1-5H,(H,9,10);/q-1;. The van der Waals surface area contributed by atoms with Crippen molar-refractivity contribution in [2.75, 3.05) is 0 Å². The van der Waals surface area contributed by atoms with Crippen LogP contribution in [0.4, 0.5) is 0 Å². The van der Waals surface area contributed by atoms with Gasteiger partial charge < -0.3 is 4.98 Å². The number of fused-ring (bicyclic) bond motifs is 1. The predicted molar refractivity (Wildman–Crippen MR) is 40.2 cm³/mol.